The highest BCUT2D eigenvalue weighted by atomic mass is 35.5. The van der Waals surface area contributed by atoms with Crippen molar-refractivity contribution in [3.63, 3.8) is 0 Å². The summed E-state index contributed by atoms with van der Waals surface area (Å²) in [5.74, 6) is 0. The van der Waals surface area contributed by atoms with E-state index in [4.69, 9.17) is 11.6 Å². The lowest BCUT2D eigenvalue weighted by Gasteiger charge is -2.32. The number of benzene rings is 1. The molecule has 2 heterocycles. The minimum atomic E-state index is 0.0580. The van der Waals surface area contributed by atoms with Crippen molar-refractivity contribution in [1.29, 1.82) is 0 Å². The number of aliphatic hydroxyl groups is 1. The molecule has 0 saturated carbocycles. The Bertz CT molecular complexity index is 574. The number of aromatic nitrogens is 1. The van der Waals surface area contributed by atoms with Gasteiger partial charge in [0, 0.05) is 23.5 Å². The molecule has 3 rings (SSSR count). The fourth-order valence-electron chi connectivity index (χ4n) is 2.62. The number of aliphatic hydroxyl groups excluding tert-OH is 1. The maximum atomic E-state index is 9.43. The van der Waals surface area contributed by atoms with E-state index < -0.39 is 0 Å². The summed E-state index contributed by atoms with van der Waals surface area (Å²) >= 11 is 6.11. The van der Waals surface area contributed by atoms with Gasteiger partial charge in [-0.2, -0.15) is 0 Å². The van der Waals surface area contributed by atoms with Gasteiger partial charge in [0.05, 0.1) is 12.6 Å². The van der Waals surface area contributed by atoms with Crippen LogP contribution < -0.4 is 5.32 Å². The van der Waals surface area contributed by atoms with Gasteiger partial charge in [-0.1, -0.05) is 17.7 Å². The van der Waals surface area contributed by atoms with Gasteiger partial charge >= 0.3 is 0 Å². The molecule has 1 aromatic carbocycles. The number of rotatable bonds is 2. The molecule has 0 unspecified atom stereocenters. The number of nitrogens with one attached hydrogen (secondary N) is 1. The van der Waals surface area contributed by atoms with E-state index in [0.29, 0.717) is 0 Å². The van der Waals surface area contributed by atoms with Crippen molar-refractivity contribution in [3.05, 3.63) is 64.4 Å². The van der Waals surface area contributed by atoms with Gasteiger partial charge in [-0.15, -0.1) is 0 Å². The maximum Gasteiger partial charge on any atom is 0.0588 e. The Labute approximate surface area is 117 Å². The van der Waals surface area contributed by atoms with E-state index >= 15 is 0 Å². The lowest BCUT2D eigenvalue weighted by atomic mass is 9.87. The Morgan fingerprint density at radius 3 is 2.79 bits per heavy atom. The summed E-state index contributed by atoms with van der Waals surface area (Å²) in [5, 5.41) is 13.6. The van der Waals surface area contributed by atoms with Crippen LogP contribution in [0.4, 0.5) is 0 Å². The van der Waals surface area contributed by atoms with Crippen molar-refractivity contribution < 1.29 is 5.11 Å². The molecular formula is C15H15ClN2O. The minimum absolute atomic E-state index is 0.0580. The SMILES string of the molecule is OC[C@@H]1Cc2ccc(Cl)cc2[C@H](c2ccncc2)N1. The van der Waals surface area contributed by atoms with Crippen molar-refractivity contribution >= 4 is 11.6 Å². The van der Waals surface area contributed by atoms with Crippen LogP contribution in [0.2, 0.25) is 5.02 Å². The molecule has 2 atom stereocenters. The van der Waals surface area contributed by atoms with Gasteiger partial charge in [0.1, 0.15) is 0 Å². The standard InChI is InChI=1S/C15H15ClN2O/c16-12-2-1-11-7-13(9-19)18-15(14(11)8-12)10-3-5-17-6-4-10/h1-6,8,13,15,18-19H,7,9H2/t13-,15-/m0/s1. The van der Waals surface area contributed by atoms with Crippen LogP contribution in [0.25, 0.3) is 0 Å². The Balaban J connectivity index is 2.07. The van der Waals surface area contributed by atoms with Crippen molar-refractivity contribution in [2.45, 2.75) is 18.5 Å². The van der Waals surface area contributed by atoms with Crippen LogP contribution in [0.3, 0.4) is 0 Å². The topological polar surface area (TPSA) is 45.2 Å². The molecule has 3 nitrogen and oxygen atoms in total. The van der Waals surface area contributed by atoms with E-state index in [9.17, 15) is 5.11 Å². The molecule has 1 aromatic heterocycles. The first-order valence-electron chi connectivity index (χ1n) is 6.33. The monoisotopic (exact) mass is 274 g/mol. The van der Waals surface area contributed by atoms with Gasteiger partial charge in [-0.25, -0.2) is 0 Å². The highest BCUT2D eigenvalue weighted by Gasteiger charge is 2.26. The quantitative estimate of drug-likeness (QED) is 0.884. The lowest BCUT2D eigenvalue weighted by Crippen LogP contribution is -2.42. The zero-order chi connectivity index (χ0) is 13.2. The van der Waals surface area contributed by atoms with Gasteiger partial charge in [0.15, 0.2) is 0 Å². The predicted octanol–water partition coefficient (Wildman–Crippen LogP) is 2.33. The summed E-state index contributed by atoms with van der Waals surface area (Å²) in [6.07, 6.45) is 4.39. The molecule has 0 amide bonds. The van der Waals surface area contributed by atoms with Crippen LogP contribution in [-0.2, 0) is 6.42 Å². The first-order chi connectivity index (χ1) is 9.28. The zero-order valence-electron chi connectivity index (χ0n) is 10.4. The maximum absolute atomic E-state index is 9.43. The summed E-state index contributed by atoms with van der Waals surface area (Å²) in [4.78, 5) is 4.05. The van der Waals surface area contributed by atoms with Gasteiger partial charge in [0.25, 0.3) is 0 Å². The van der Waals surface area contributed by atoms with Crippen molar-refractivity contribution in [3.8, 4) is 0 Å². The highest BCUT2D eigenvalue weighted by Crippen LogP contribution is 2.32. The molecule has 2 aromatic rings. The second-order valence-corrected chi connectivity index (χ2v) is 5.24. The first kappa shape index (κ1) is 12.6. The number of halogens is 1. The first-order valence-corrected chi connectivity index (χ1v) is 6.71. The third-order valence-corrected chi connectivity index (χ3v) is 3.78. The molecule has 0 radical (unpaired) electrons. The predicted molar refractivity (Wildman–Crippen MR) is 75.2 cm³/mol. The summed E-state index contributed by atoms with van der Waals surface area (Å²) < 4.78 is 0. The largest absolute Gasteiger partial charge is 0.395 e. The number of pyridine rings is 1. The zero-order valence-corrected chi connectivity index (χ0v) is 11.1. The summed E-state index contributed by atoms with van der Waals surface area (Å²) in [5.41, 5.74) is 3.56. The van der Waals surface area contributed by atoms with E-state index in [2.05, 4.69) is 16.4 Å². The third-order valence-electron chi connectivity index (χ3n) is 3.55. The third kappa shape index (κ3) is 2.50. The molecule has 0 aliphatic carbocycles. The molecule has 19 heavy (non-hydrogen) atoms. The smallest absolute Gasteiger partial charge is 0.0588 e. The fraction of sp³-hybridized carbons (Fsp3) is 0.267. The average Bonchev–Trinajstić information content (AvgIpc) is 2.47. The van der Waals surface area contributed by atoms with Crippen molar-refractivity contribution in [1.82, 2.24) is 10.3 Å². The van der Waals surface area contributed by atoms with E-state index in [1.807, 2.05) is 24.3 Å². The van der Waals surface area contributed by atoms with Gasteiger partial charge < -0.3 is 10.4 Å². The summed E-state index contributed by atoms with van der Waals surface area (Å²) in [6, 6.07) is 10.1. The molecule has 2 N–H and O–H groups in total. The van der Waals surface area contributed by atoms with Gasteiger partial charge in [0.2, 0.25) is 0 Å². The molecule has 0 spiro atoms. The van der Waals surface area contributed by atoms with E-state index in [0.717, 1.165) is 17.0 Å². The van der Waals surface area contributed by atoms with Gasteiger partial charge in [-0.05, 0) is 47.4 Å². The second kappa shape index (κ2) is 5.29. The molecule has 0 bridgehead atoms. The number of fused-ring (bicyclic) bond motifs is 1. The molecular weight excluding hydrogens is 260 g/mol. The Kier molecular flexibility index (Phi) is 3.51. The van der Waals surface area contributed by atoms with Crippen molar-refractivity contribution in [2.24, 2.45) is 0 Å². The highest BCUT2D eigenvalue weighted by molar-refractivity contribution is 6.30. The summed E-state index contributed by atoms with van der Waals surface area (Å²) in [6.45, 7) is 0.129. The molecule has 1 aliphatic rings. The van der Waals surface area contributed by atoms with Gasteiger partial charge in [-0.3, -0.25) is 4.98 Å². The minimum Gasteiger partial charge on any atom is -0.395 e. The normalized spacial score (nSPS) is 22.0. The molecule has 0 fully saturated rings. The molecule has 1 aliphatic heterocycles. The molecule has 0 saturated heterocycles. The lowest BCUT2D eigenvalue weighted by molar-refractivity contribution is 0.229. The Morgan fingerprint density at radius 1 is 1.26 bits per heavy atom. The van der Waals surface area contributed by atoms with Crippen LogP contribution in [-0.4, -0.2) is 22.7 Å². The average molecular weight is 275 g/mol. The van der Waals surface area contributed by atoms with Crippen LogP contribution >= 0.6 is 11.6 Å². The summed E-state index contributed by atoms with van der Waals surface area (Å²) in [7, 11) is 0. The van der Waals surface area contributed by atoms with Crippen LogP contribution in [0.5, 0.6) is 0 Å². The van der Waals surface area contributed by atoms with Crippen LogP contribution in [0.1, 0.15) is 22.7 Å². The number of hydrogen-bond donors (Lipinski definition) is 2. The number of nitrogens with zero attached hydrogens (tertiary/aromatic N) is 1. The van der Waals surface area contributed by atoms with Crippen LogP contribution in [0.15, 0.2) is 42.7 Å². The van der Waals surface area contributed by atoms with E-state index in [-0.39, 0.29) is 18.7 Å². The van der Waals surface area contributed by atoms with E-state index in [1.165, 1.54) is 11.1 Å². The molecule has 4 heteroatoms. The molecule has 98 valence electrons. The Morgan fingerprint density at radius 2 is 2.05 bits per heavy atom. The van der Waals surface area contributed by atoms with Crippen molar-refractivity contribution in [2.75, 3.05) is 6.61 Å². The van der Waals surface area contributed by atoms with E-state index in [1.54, 1.807) is 12.4 Å². The number of hydrogen-bond acceptors (Lipinski definition) is 3. The second-order valence-electron chi connectivity index (χ2n) is 4.81. The van der Waals surface area contributed by atoms with Crippen LogP contribution in [0, 0.1) is 0 Å². The Hall–Kier alpha value is -1.42. The fourth-order valence-corrected chi connectivity index (χ4v) is 2.80.